The first kappa shape index (κ1) is 12.3. The fourth-order valence-electron chi connectivity index (χ4n) is 1.62. The van der Waals surface area contributed by atoms with Gasteiger partial charge in [-0.2, -0.15) is 0 Å². The Hall–Kier alpha value is -0.780. The van der Waals surface area contributed by atoms with Gasteiger partial charge in [0.1, 0.15) is 0 Å². The van der Waals surface area contributed by atoms with Crippen LogP contribution in [0.15, 0.2) is 18.2 Å². The van der Waals surface area contributed by atoms with Gasteiger partial charge in [0.25, 0.3) is 0 Å². The Bertz CT molecular complexity index is 326. The average Bonchev–Trinajstić information content (AvgIpc) is 2.15. The van der Waals surface area contributed by atoms with Crippen molar-refractivity contribution in [2.75, 3.05) is 0 Å². The van der Waals surface area contributed by atoms with E-state index in [9.17, 15) is 0 Å². The molecular weight excluding hydrogens is 180 g/mol. The van der Waals surface area contributed by atoms with Crippen LogP contribution in [0.4, 0.5) is 0 Å². The third-order valence-electron chi connectivity index (χ3n) is 2.84. The zero-order valence-electron chi connectivity index (χ0n) is 10.9. The zero-order valence-corrected chi connectivity index (χ0v) is 10.9. The van der Waals surface area contributed by atoms with Gasteiger partial charge in [-0.15, -0.1) is 0 Å². The fourth-order valence-corrected chi connectivity index (χ4v) is 1.62. The van der Waals surface area contributed by atoms with E-state index >= 15 is 0 Å². The van der Waals surface area contributed by atoms with Gasteiger partial charge in [-0.1, -0.05) is 59.7 Å². The third-order valence-corrected chi connectivity index (χ3v) is 2.84. The lowest BCUT2D eigenvalue weighted by Crippen LogP contribution is -2.12. The highest BCUT2D eigenvalue weighted by Gasteiger charge is 2.15. The molecule has 1 aromatic rings. The third kappa shape index (κ3) is 3.09. The van der Waals surface area contributed by atoms with E-state index in [1.807, 2.05) is 0 Å². The summed E-state index contributed by atoms with van der Waals surface area (Å²) in [5, 5.41) is 0. The van der Waals surface area contributed by atoms with E-state index in [0.717, 1.165) is 6.42 Å². The molecule has 0 nitrogen and oxygen atoms in total. The summed E-state index contributed by atoms with van der Waals surface area (Å²) in [4.78, 5) is 0. The molecule has 0 heterocycles. The molecule has 0 saturated carbocycles. The minimum absolute atomic E-state index is 0.245. The molecule has 0 aromatic heterocycles. The van der Waals surface area contributed by atoms with E-state index < -0.39 is 0 Å². The highest BCUT2D eigenvalue weighted by atomic mass is 14.2. The zero-order chi connectivity index (χ0) is 11.6. The first-order valence-corrected chi connectivity index (χ1v) is 5.79. The van der Waals surface area contributed by atoms with Crippen molar-refractivity contribution in [3.8, 4) is 0 Å². The minimum Gasteiger partial charge on any atom is -0.0613 e. The van der Waals surface area contributed by atoms with Gasteiger partial charge in [-0.3, -0.25) is 0 Å². The Morgan fingerprint density at radius 1 is 1.07 bits per heavy atom. The van der Waals surface area contributed by atoms with Crippen LogP contribution >= 0.6 is 0 Å². The van der Waals surface area contributed by atoms with E-state index in [4.69, 9.17) is 0 Å². The molecule has 0 unspecified atom stereocenters. The summed E-state index contributed by atoms with van der Waals surface area (Å²) in [6.45, 7) is 13.4. The Balaban J connectivity index is 3.23. The van der Waals surface area contributed by atoms with E-state index in [2.05, 4.69) is 59.7 Å². The summed E-state index contributed by atoms with van der Waals surface area (Å²) in [6.07, 6.45) is 1.12. The molecule has 0 amide bonds. The van der Waals surface area contributed by atoms with Crippen molar-refractivity contribution < 1.29 is 0 Å². The van der Waals surface area contributed by atoms with Crippen molar-refractivity contribution >= 4 is 0 Å². The number of aryl methyl sites for hydroxylation is 1. The molecule has 0 spiro atoms. The Morgan fingerprint density at radius 3 is 2.07 bits per heavy atom. The Labute approximate surface area is 94.7 Å². The largest absolute Gasteiger partial charge is 0.0613 e. The molecule has 15 heavy (non-hydrogen) atoms. The van der Waals surface area contributed by atoms with Crippen LogP contribution in [0, 0.1) is 5.92 Å². The van der Waals surface area contributed by atoms with Crippen LogP contribution in [0.25, 0.3) is 0 Å². The number of hydrogen-bond acceptors (Lipinski definition) is 0. The van der Waals surface area contributed by atoms with Crippen molar-refractivity contribution in [2.45, 2.75) is 53.4 Å². The predicted octanol–water partition coefficient (Wildman–Crippen LogP) is 4.51. The Morgan fingerprint density at radius 2 is 1.67 bits per heavy atom. The lowest BCUT2D eigenvalue weighted by molar-refractivity contribution is 0.588. The summed E-state index contributed by atoms with van der Waals surface area (Å²) in [5.41, 5.74) is 4.52. The van der Waals surface area contributed by atoms with E-state index in [1.165, 1.54) is 22.6 Å². The number of benzene rings is 1. The first-order valence-electron chi connectivity index (χ1n) is 5.79. The summed E-state index contributed by atoms with van der Waals surface area (Å²) >= 11 is 0. The topological polar surface area (TPSA) is 0 Å². The van der Waals surface area contributed by atoms with Gasteiger partial charge in [-0.05, 0) is 34.4 Å². The minimum atomic E-state index is 0.245. The normalized spacial score (nSPS) is 12.2. The van der Waals surface area contributed by atoms with Crippen LogP contribution < -0.4 is 0 Å². The highest BCUT2D eigenvalue weighted by molar-refractivity contribution is 5.39. The molecule has 0 atom stereocenters. The van der Waals surface area contributed by atoms with Crippen molar-refractivity contribution in [2.24, 2.45) is 0 Å². The van der Waals surface area contributed by atoms with Gasteiger partial charge in [0.15, 0.2) is 0 Å². The molecule has 0 N–H and O–H groups in total. The van der Waals surface area contributed by atoms with Gasteiger partial charge >= 0.3 is 0 Å². The molecule has 1 radical (unpaired) electrons. The van der Waals surface area contributed by atoms with Crippen molar-refractivity contribution in [3.05, 3.63) is 40.8 Å². The molecule has 0 heteroatoms. The second-order valence-corrected chi connectivity index (χ2v) is 5.52. The van der Waals surface area contributed by atoms with E-state index in [0.29, 0.717) is 0 Å². The molecule has 83 valence electrons. The molecular formula is C15H23. The van der Waals surface area contributed by atoms with Crippen LogP contribution in [0.3, 0.4) is 0 Å². The van der Waals surface area contributed by atoms with E-state index in [1.54, 1.807) is 0 Å². The summed E-state index contributed by atoms with van der Waals surface area (Å²) in [7, 11) is 0. The average molecular weight is 203 g/mol. The van der Waals surface area contributed by atoms with Crippen LogP contribution in [-0.2, 0) is 11.8 Å². The maximum atomic E-state index is 2.34. The van der Waals surface area contributed by atoms with Crippen LogP contribution in [0.1, 0.15) is 58.2 Å². The van der Waals surface area contributed by atoms with Crippen molar-refractivity contribution in [1.29, 1.82) is 0 Å². The lowest BCUT2D eigenvalue weighted by Gasteiger charge is -2.22. The maximum absolute atomic E-state index is 2.34. The van der Waals surface area contributed by atoms with Gasteiger partial charge in [0.05, 0.1) is 0 Å². The molecule has 0 saturated heterocycles. The van der Waals surface area contributed by atoms with Crippen LogP contribution in [0.2, 0.25) is 0 Å². The molecule has 1 aromatic carbocycles. The fraction of sp³-hybridized carbons (Fsp3) is 0.533. The first-order chi connectivity index (χ1) is 6.84. The van der Waals surface area contributed by atoms with Crippen LogP contribution in [-0.4, -0.2) is 0 Å². The van der Waals surface area contributed by atoms with Crippen LogP contribution in [0.5, 0.6) is 0 Å². The maximum Gasteiger partial charge on any atom is -0.00118 e. The summed E-state index contributed by atoms with van der Waals surface area (Å²) < 4.78 is 0. The van der Waals surface area contributed by atoms with Crippen molar-refractivity contribution in [1.82, 2.24) is 0 Å². The van der Waals surface area contributed by atoms with Gasteiger partial charge < -0.3 is 0 Å². The lowest BCUT2D eigenvalue weighted by atomic mass is 9.83. The standard InChI is InChI=1S/C15H23/c1-7-12-8-13(11(2)3)10-14(9-12)15(4,5)6/h8-10H,7H2,1-6H3. The van der Waals surface area contributed by atoms with Gasteiger partial charge in [0, 0.05) is 0 Å². The number of rotatable bonds is 2. The van der Waals surface area contributed by atoms with E-state index in [-0.39, 0.29) is 5.41 Å². The molecule has 0 fully saturated rings. The monoisotopic (exact) mass is 203 g/mol. The molecule has 0 aliphatic rings. The second kappa shape index (κ2) is 4.38. The Kier molecular flexibility index (Phi) is 3.59. The molecule has 0 bridgehead atoms. The number of hydrogen-bond donors (Lipinski definition) is 0. The predicted molar refractivity (Wildman–Crippen MR) is 68.2 cm³/mol. The van der Waals surface area contributed by atoms with Gasteiger partial charge in [-0.25, -0.2) is 0 Å². The molecule has 1 rings (SSSR count). The van der Waals surface area contributed by atoms with Gasteiger partial charge in [0.2, 0.25) is 0 Å². The quantitative estimate of drug-likeness (QED) is 0.663. The molecule has 0 aliphatic carbocycles. The smallest absolute Gasteiger partial charge is 0.00118 e. The summed E-state index contributed by atoms with van der Waals surface area (Å²) in [6, 6.07) is 6.98. The van der Waals surface area contributed by atoms with Crippen molar-refractivity contribution in [3.63, 3.8) is 0 Å². The second-order valence-electron chi connectivity index (χ2n) is 5.52. The summed E-state index contributed by atoms with van der Waals surface area (Å²) in [5.74, 6) is 1.40. The molecule has 0 aliphatic heterocycles. The highest BCUT2D eigenvalue weighted by Crippen LogP contribution is 2.27. The SMILES string of the molecule is CCc1cc([C](C)C)cc(C(C)(C)C)c1.